The number of aryl methyl sites for hydroxylation is 2. The van der Waals surface area contributed by atoms with Gasteiger partial charge < -0.3 is 10.1 Å². The molecule has 2 heterocycles. The largest absolute Gasteiger partial charge is 0.452 e. The predicted octanol–water partition coefficient (Wildman–Crippen LogP) is 1.49. The molecule has 130 valence electrons. The van der Waals surface area contributed by atoms with Crippen molar-refractivity contribution in [2.45, 2.75) is 26.9 Å². The van der Waals surface area contributed by atoms with E-state index in [0.29, 0.717) is 6.54 Å². The van der Waals surface area contributed by atoms with E-state index in [-0.39, 0.29) is 18.5 Å². The maximum Gasteiger partial charge on any atom is 0.336 e. The molecule has 0 saturated carbocycles. The van der Waals surface area contributed by atoms with E-state index >= 15 is 0 Å². The summed E-state index contributed by atoms with van der Waals surface area (Å²) in [7, 11) is 0. The minimum absolute atomic E-state index is 0.141. The average Bonchev–Trinajstić information content (AvgIpc) is 3.25. The summed E-state index contributed by atoms with van der Waals surface area (Å²) in [5, 5.41) is 11.3. The molecule has 0 atom stereocenters. The normalized spacial score (nSPS) is 10.6. The van der Waals surface area contributed by atoms with Crippen LogP contribution in [0, 0.1) is 6.92 Å². The summed E-state index contributed by atoms with van der Waals surface area (Å²) in [5.74, 6) is -0.238. The molecule has 8 nitrogen and oxygen atoms in total. The number of hydrogen-bond donors (Lipinski definition) is 1. The van der Waals surface area contributed by atoms with E-state index in [1.54, 1.807) is 11.0 Å². The minimum Gasteiger partial charge on any atom is -0.452 e. The van der Waals surface area contributed by atoms with Crippen molar-refractivity contribution in [2.75, 3.05) is 6.61 Å². The first-order valence-corrected chi connectivity index (χ1v) is 8.05. The van der Waals surface area contributed by atoms with E-state index in [0.717, 1.165) is 23.6 Å². The first-order chi connectivity index (χ1) is 12.2. The second kappa shape index (κ2) is 7.61. The highest BCUT2D eigenvalue weighted by molar-refractivity contribution is 5.77. The molecule has 0 aliphatic heterocycles. The molecule has 1 aromatic carbocycles. The van der Waals surface area contributed by atoms with Gasteiger partial charge in [0.25, 0.3) is 5.91 Å². The van der Waals surface area contributed by atoms with Crippen LogP contribution in [0.4, 0.5) is 0 Å². The Labute approximate surface area is 145 Å². The van der Waals surface area contributed by atoms with Gasteiger partial charge in [0.05, 0.1) is 23.6 Å². The molecule has 0 spiro atoms. The summed E-state index contributed by atoms with van der Waals surface area (Å²) < 4.78 is 8.80. The Morgan fingerprint density at radius 1 is 1.24 bits per heavy atom. The van der Waals surface area contributed by atoms with E-state index in [1.165, 1.54) is 0 Å². The fraction of sp³-hybridized carbons (Fsp3) is 0.294. The zero-order valence-corrected chi connectivity index (χ0v) is 14.2. The second-order valence-electron chi connectivity index (χ2n) is 5.47. The molecule has 25 heavy (non-hydrogen) atoms. The monoisotopic (exact) mass is 340 g/mol. The topological polar surface area (TPSA) is 86.9 Å². The third kappa shape index (κ3) is 4.23. The summed E-state index contributed by atoms with van der Waals surface area (Å²) in [5.41, 5.74) is 2.76. The second-order valence-corrected chi connectivity index (χ2v) is 5.47. The number of amides is 1. The predicted molar refractivity (Wildman–Crippen MR) is 91.3 cm³/mol. The molecule has 3 rings (SSSR count). The van der Waals surface area contributed by atoms with Crippen molar-refractivity contribution in [1.29, 1.82) is 0 Å². The van der Waals surface area contributed by atoms with Gasteiger partial charge in [0.1, 0.15) is 6.33 Å². The Morgan fingerprint density at radius 3 is 2.80 bits per heavy atom. The van der Waals surface area contributed by atoms with Crippen molar-refractivity contribution in [2.24, 2.45) is 0 Å². The summed E-state index contributed by atoms with van der Waals surface area (Å²) in [6, 6.07) is 11.7. The molecule has 0 aliphatic rings. The number of nitrogens with zero attached hydrogens (tertiary/aromatic N) is 5. The van der Waals surface area contributed by atoms with Crippen molar-refractivity contribution in [1.82, 2.24) is 29.9 Å². The molecule has 1 N–H and O–H groups in total. The van der Waals surface area contributed by atoms with Crippen molar-refractivity contribution in [3.8, 4) is 11.7 Å². The van der Waals surface area contributed by atoms with Crippen LogP contribution in [-0.4, -0.2) is 37.1 Å². The van der Waals surface area contributed by atoms with E-state index in [2.05, 4.69) is 20.5 Å². The fourth-order valence-corrected chi connectivity index (χ4v) is 2.40. The number of ether oxygens (including phenoxy) is 1. The molecule has 1 amide bonds. The quantitative estimate of drug-likeness (QED) is 0.704. The highest BCUT2D eigenvalue weighted by Crippen LogP contribution is 2.08. The lowest BCUT2D eigenvalue weighted by molar-refractivity contribution is -0.123. The highest BCUT2D eigenvalue weighted by atomic mass is 16.5. The summed E-state index contributed by atoms with van der Waals surface area (Å²) in [6.07, 6.45) is 1.55. The third-order valence-electron chi connectivity index (χ3n) is 3.58. The lowest BCUT2D eigenvalue weighted by Gasteiger charge is -2.07. The number of aromatic nitrogens is 5. The van der Waals surface area contributed by atoms with Gasteiger partial charge in [0.15, 0.2) is 6.61 Å². The first-order valence-electron chi connectivity index (χ1n) is 8.05. The molecule has 3 aromatic rings. The average molecular weight is 340 g/mol. The van der Waals surface area contributed by atoms with E-state index in [1.807, 2.05) is 54.9 Å². The Hall–Kier alpha value is -3.16. The van der Waals surface area contributed by atoms with Crippen LogP contribution in [-0.2, 0) is 17.9 Å². The van der Waals surface area contributed by atoms with Crippen LogP contribution in [0.5, 0.6) is 6.01 Å². The van der Waals surface area contributed by atoms with Crippen LogP contribution in [0.3, 0.4) is 0 Å². The molecule has 0 unspecified atom stereocenters. The number of nitrogens with one attached hydrogen (secondary N) is 1. The number of benzene rings is 1. The Bertz CT molecular complexity index is 840. The molecular formula is C17H20N6O2. The summed E-state index contributed by atoms with van der Waals surface area (Å²) in [4.78, 5) is 16.0. The standard InChI is InChI=1S/C17H20N6O2/c1-3-22-15(9-13(2)20-22)10-18-16(24)11-25-17-19-12-23(21-17)14-7-5-4-6-8-14/h4-9,12H,3,10-11H2,1-2H3,(H,18,24). The van der Waals surface area contributed by atoms with Crippen LogP contribution < -0.4 is 10.1 Å². The van der Waals surface area contributed by atoms with Crippen LogP contribution >= 0.6 is 0 Å². The number of rotatable bonds is 7. The van der Waals surface area contributed by atoms with Crippen molar-refractivity contribution in [3.63, 3.8) is 0 Å². The molecule has 0 bridgehead atoms. The number of carbonyl (C=O) groups excluding carboxylic acids is 1. The smallest absolute Gasteiger partial charge is 0.336 e. The molecule has 0 fully saturated rings. The summed E-state index contributed by atoms with van der Waals surface area (Å²) >= 11 is 0. The lowest BCUT2D eigenvalue weighted by atomic mass is 10.3. The first kappa shape index (κ1) is 16.7. The number of para-hydroxylation sites is 1. The van der Waals surface area contributed by atoms with Crippen molar-refractivity contribution >= 4 is 5.91 Å². The van der Waals surface area contributed by atoms with Gasteiger partial charge in [-0.2, -0.15) is 10.1 Å². The Balaban J connectivity index is 1.50. The van der Waals surface area contributed by atoms with Gasteiger partial charge in [-0.25, -0.2) is 4.68 Å². The maximum atomic E-state index is 11.9. The zero-order valence-electron chi connectivity index (χ0n) is 14.2. The van der Waals surface area contributed by atoms with Crippen molar-refractivity contribution < 1.29 is 9.53 Å². The van der Waals surface area contributed by atoms with Crippen LogP contribution in [0.1, 0.15) is 18.3 Å². The minimum atomic E-state index is -0.238. The summed E-state index contributed by atoms with van der Waals surface area (Å²) in [6.45, 7) is 4.96. The van der Waals surface area contributed by atoms with Gasteiger partial charge in [0.2, 0.25) is 0 Å². The van der Waals surface area contributed by atoms with Gasteiger partial charge in [-0.3, -0.25) is 9.48 Å². The molecule has 0 saturated heterocycles. The SMILES string of the molecule is CCn1nc(C)cc1CNC(=O)COc1ncn(-c2ccccc2)n1. The zero-order chi connectivity index (χ0) is 17.6. The number of hydrogen-bond acceptors (Lipinski definition) is 5. The molecule has 2 aromatic heterocycles. The van der Waals surface area contributed by atoms with E-state index < -0.39 is 0 Å². The van der Waals surface area contributed by atoms with Crippen LogP contribution in [0.25, 0.3) is 5.69 Å². The van der Waals surface area contributed by atoms with E-state index in [9.17, 15) is 4.79 Å². The molecule has 0 radical (unpaired) electrons. The molecule has 0 aliphatic carbocycles. The Morgan fingerprint density at radius 2 is 2.04 bits per heavy atom. The molecular weight excluding hydrogens is 320 g/mol. The van der Waals surface area contributed by atoms with Crippen LogP contribution in [0.2, 0.25) is 0 Å². The van der Waals surface area contributed by atoms with Crippen LogP contribution in [0.15, 0.2) is 42.7 Å². The maximum absolute atomic E-state index is 11.9. The highest BCUT2D eigenvalue weighted by Gasteiger charge is 2.09. The lowest BCUT2D eigenvalue weighted by Crippen LogP contribution is -2.29. The van der Waals surface area contributed by atoms with Gasteiger partial charge in [0, 0.05) is 6.54 Å². The number of carbonyl (C=O) groups is 1. The molecule has 8 heteroatoms. The fourth-order valence-electron chi connectivity index (χ4n) is 2.40. The van der Waals surface area contributed by atoms with Gasteiger partial charge >= 0.3 is 6.01 Å². The third-order valence-corrected chi connectivity index (χ3v) is 3.58. The van der Waals surface area contributed by atoms with E-state index in [4.69, 9.17) is 4.74 Å². The van der Waals surface area contributed by atoms with Gasteiger partial charge in [-0.15, -0.1) is 5.10 Å². The van der Waals surface area contributed by atoms with Gasteiger partial charge in [-0.05, 0) is 32.0 Å². The van der Waals surface area contributed by atoms with Crippen molar-refractivity contribution in [3.05, 3.63) is 54.1 Å². The van der Waals surface area contributed by atoms with Gasteiger partial charge in [-0.1, -0.05) is 18.2 Å². The Kier molecular flexibility index (Phi) is 5.08.